The molecule has 1 aromatic carbocycles. The van der Waals surface area contributed by atoms with E-state index in [2.05, 4.69) is 6.58 Å². The monoisotopic (exact) mass is 217 g/mol. The third-order valence-corrected chi connectivity index (χ3v) is 2.38. The lowest BCUT2D eigenvalue weighted by Gasteiger charge is -2.13. The van der Waals surface area contributed by atoms with Gasteiger partial charge in [-0.15, -0.1) is 0 Å². The quantitative estimate of drug-likeness (QED) is 0.677. The fourth-order valence-corrected chi connectivity index (χ4v) is 1.65. The van der Waals surface area contributed by atoms with Crippen molar-refractivity contribution in [3.8, 4) is 0 Å². The second-order valence-electron chi connectivity index (χ2n) is 3.34. The Bertz CT molecular complexity index is 479. The molecule has 0 radical (unpaired) electrons. The molecule has 0 aliphatic carbocycles. The summed E-state index contributed by atoms with van der Waals surface area (Å²) in [5.74, 6) is -0.417. The number of carbonyl (C=O) groups is 2. The van der Waals surface area contributed by atoms with Crippen LogP contribution in [0.1, 0.15) is 12.5 Å². The molecule has 4 heteroatoms. The number of anilines is 1. The smallest absolute Gasteiger partial charge is 0.421 e. The van der Waals surface area contributed by atoms with Gasteiger partial charge in [0, 0.05) is 11.1 Å². The van der Waals surface area contributed by atoms with Gasteiger partial charge >= 0.3 is 6.09 Å². The van der Waals surface area contributed by atoms with Crippen molar-refractivity contribution in [2.75, 3.05) is 11.5 Å². The zero-order valence-electron chi connectivity index (χ0n) is 8.90. The normalized spacial score (nSPS) is 13.9. The van der Waals surface area contributed by atoms with E-state index in [9.17, 15) is 9.59 Å². The van der Waals surface area contributed by atoms with E-state index >= 15 is 0 Å². The van der Waals surface area contributed by atoms with Crippen LogP contribution in [0.3, 0.4) is 0 Å². The highest BCUT2D eigenvalue weighted by atomic mass is 16.6. The van der Waals surface area contributed by atoms with Crippen LogP contribution in [0.2, 0.25) is 0 Å². The number of benzene rings is 1. The summed E-state index contributed by atoms with van der Waals surface area (Å²) in [6.07, 6.45) is -0.654. The fraction of sp³-hybridized carbons (Fsp3) is 0.167. The summed E-state index contributed by atoms with van der Waals surface area (Å²) in [6.45, 7) is 5.60. The van der Waals surface area contributed by atoms with E-state index in [4.69, 9.17) is 4.74 Å². The molecule has 2 amide bonds. The molecule has 0 N–H and O–H groups in total. The molecule has 82 valence electrons. The van der Waals surface area contributed by atoms with Gasteiger partial charge in [0.15, 0.2) is 0 Å². The van der Waals surface area contributed by atoms with Gasteiger partial charge in [0.05, 0.1) is 12.3 Å². The van der Waals surface area contributed by atoms with Crippen molar-refractivity contribution in [2.45, 2.75) is 6.92 Å². The van der Waals surface area contributed by atoms with E-state index in [1.165, 1.54) is 0 Å². The molecular formula is C12H11NO3. The first kappa shape index (κ1) is 10.4. The summed E-state index contributed by atoms with van der Waals surface area (Å²) in [4.78, 5) is 24.4. The van der Waals surface area contributed by atoms with Crippen molar-refractivity contribution < 1.29 is 14.3 Å². The summed E-state index contributed by atoms with van der Waals surface area (Å²) < 4.78 is 4.83. The van der Waals surface area contributed by atoms with Crippen LogP contribution in [0.25, 0.3) is 5.57 Å². The Hall–Kier alpha value is -2.10. The minimum atomic E-state index is -0.654. The molecule has 1 heterocycles. The number of ether oxygens (including phenoxy) is 1. The Morgan fingerprint density at radius 1 is 1.44 bits per heavy atom. The first-order valence-corrected chi connectivity index (χ1v) is 4.96. The molecule has 0 aromatic heterocycles. The zero-order valence-corrected chi connectivity index (χ0v) is 8.90. The van der Waals surface area contributed by atoms with Gasteiger partial charge in [-0.25, -0.2) is 9.69 Å². The molecule has 1 aliphatic rings. The Kier molecular flexibility index (Phi) is 2.48. The number of hydrogen-bond acceptors (Lipinski definition) is 3. The Labute approximate surface area is 93.1 Å². The number of para-hydroxylation sites is 1. The summed E-state index contributed by atoms with van der Waals surface area (Å²) in [5, 5.41) is 0. The van der Waals surface area contributed by atoms with Crippen LogP contribution in [-0.4, -0.2) is 18.6 Å². The summed E-state index contributed by atoms with van der Waals surface area (Å²) in [6, 6.07) is 7.01. The van der Waals surface area contributed by atoms with Gasteiger partial charge in [0.2, 0.25) is 0 Å². The molecule has 1 aromatic rings. The van der Waals surface area contributed by atoms with Gasteiger partial charge in [0.1, 0.15) is 0 Å². The zero-order chi connectivity index (χ0) is 11.7. The summed E-state index contributed by atoms with van der Waals surface area (Å²) >= 11 is 0. The van der Waals surface area contributed by atoms with E-state index in [0.717, 1.165) is 4.90 Å². The van der Waals surface area contributed by atoms with E-state index in [-0.39, 0.29) is 6.61 Å². The van der Waals surface area contributed by atoms with Crippen molar-refractivity contribution in [3.05, 3.63) is 36.4 Å². The lowest BCUT2D eigenvalue weighted by molar-refractivity contribution is -0.112. The molecule has 2 rings (SSSR count). The molecule has 0 saturated heterocycles. The average Bonchev–Trinajstić information content (AvgIpc) is 2.53. The molecule has 0 fully saturated rings. The number of imide groups is 1. The van der Waals surface area contributed by atoms with Crippen LogP contribution in [-0.2, 0) is 9.53 Å². The largest absolute Gasteiger partial charge is 0.449 e. The molecule has 0 saturated carbocycles. The van der Waals surface area contributed by atoms with E-state index in [0.29, 0.717) is 16.8 Å². The van der Waals surface area contributed by atoms with Crippen LogP contribution >= 0.6 is 0 Å². The van der Waals surface area contributed by atoms with Crippen molar-refractivity contribution in [1.29, 1.82) is 0 Å². The molecular weight excluding hydrogens is 206 g/mol. The highest BCUT2D eigenvalue weighted by molar-refractivity contribution is 6.38. The Morgan fingerprint density at radius 2 is 2.12 bits per heavy atom. The van der Waals surface area contributed by atoms with Gasteiger partial charge in [-0.1, -0.05) is 24.8 Å². The molecule has 0 bridgehead atoms. The number of hydrogen-bond donors (Lipinski definition) is 0. The van der Waals surface area contributed by atoms with Gasteiger partial charge in [0.25, 0.3) is 5.91 Å². The van der Waals surface area contributed by atoms with Crippen molar-refractivity contribution in [1.82, 2.24) is 0 Å². The topological polar surface area (TPSA) is 46.6 Å². The first-order valence-electron chi connectivity index (χ1n) is 4.96. The minimum Gasteiger partial charge on any atom is -0.449 e. The maximum Gasteiger partial charge on any atom is 0.421 e. The second kappa shape index (κ2) is 3.81. The van der Waals surface area contributed by atoms with Crippen LogP contribution in [0.4, 0.5) is 10.5 Å². The Morgan fingerprint density at radius 3 is 2.81 bits per heavy atom. The van der Waals surface area contributed by atoms with Gasteiger partial charge in [-0.05, 0) is 13.0 Å². The van der Waals surface area contributed by atoms with Gasteiger partial charge in [-0.2, -0.15) is 0 Å². The van der Waals surface area contributed by atoms with Crippen molar-refractivity contribution >= 4 is 23.3 Å². The maximum atomic E-state index is 11.8. The fourth-order valence-electron chi connectivity index (χ4n) is 1.65. The lowest BCUT2D eigenvalue weighted by Crippen LogP contribution is -2.33. The van der Waals surface area contributed by atoms with E-state index in [1.807, 2.05) is 0 Å². The molecule has 16 heavy (non-hydrogen) atoms. The lowest BCUT2D eigenvalue weighted by atomic mass is 10.1. The number of fused-ring (bicyclic) bond motifs is 1. The van der Waals surface area contributed by atoms with Crippen LogP contribution in [0.5, 0.6) is 0 Å². The highest BCUT2D eigenvalue weighted by Gasteiger charge is 2.36. The molecule has 0 unspecified atom stereocenters. The number of nitrogens with zero attached hydrogens (tertiary/aromatic N) is 1. The standard InChI is InChI=1S/C12H11NO3/c1-3-16-12(15)13-10-7-5-4-6-9(10)8(2)11(13)14/h4-7H,2-3H2,1H3. The average molecular weight is 217 g/mol. The molecule has 1 aliphatic heterocycles. The third kappa shape index (κ3) is 1.39. The van der Waals surface area contributed by atoms with Crippen LogP contribution in [0, 0.1) is 0 Å². The van der Waals surface area contributed by atoms with Gasteiger partial charge in [-0.3, -0.25) is 4.79 Å². The maximum absolute atomic E-state index is 11.8. The van der Waals surface area contributed by atoms with Crippen LogP contribution in [0.15, 0.2) is 30.8 Å². The van der Waals surface area contributed by atoms with Gasteiger partial charge < -0.3 is 4.74 Å². The first-order chi connectivity index (χ1) is 7.66. The number of rotatable bonds is 1. The molecule has 4 nitrogen and oxygen atoms in total. The van der Waals surface area contributed by atoms with Crippen molar-refractivity contribution in [3.63, 3.8) is 0 Å². The predicted octanol–water partition coefficient (Wildman–Crippen LogP) is 2.20. The summed E-state index contributed by atoms with van der Waals surface area (Å²) in [7, 11) is 0. The second-order valence-corrected chi connectivity index (χ2v) is 3.34. The summed E-state index contributed by atoms with van der Waals surface area (Å²) in [5.41, 5.74) is 1.54. The third-order valence-electron chi connectivity index (χ3n) is 2.38. The van der Waals surface area contributed by atoms with E-state index in [1.54, 1.807) is 31.2 Å². The number of carbonyl (C=O) groups excluding carboxylic acids is 2. The number of amides is 2. The predicted molar refractivity (Wildman–Crippen MR) is 60.0 cm³/mol. The minimum absolute atomic E-state index is 0.233. The Balaban J connectivity index is 2.45. The highest BCUT2D eigenvalue weighted by Crippen LogP contribution is 2.35. The molecule has 0 atom stereocenters. The van der Waals surface area contributed by atoms with E-state index < -0.39 is 12.0 Å². The van der Waals surface area contributed by atoms with Crippen LogP contribution < -0.4 is 4.90 Å². The SMILES string of the molecule is C=C1C(=O)N(C(=O)OCC)c2ccccc21. The van der Waals surface area contributed by atoms with Crippen molar-refractivity contribution in [2.24, 2.45) is 0 Å². The molecule has 0 spiro atoms.